The zero-order valence-electron chi connectivity index (χ0n) is 10.2. The van der Waals surface area contributed by atoms with Crippen LogP contribution < -0.4 is 0 Å². The lowest BCUT2D eigenvalue weighted by atomic mass is 10.3. The first-order valence-electron chi connectivity index (χ1n) is 5.82. The maximum Gasteiger partial charge on any atom is 0.304 e. The molecule has 7 heteroatoms. The molecule has 0 atom stereocenters. The summed E-state index contributed by atoms with van der Waals surface area (Å²) in [5.74, 6) is -1.09. The number of hydrogen-bond donors (Lipinski definition) is 1. The first-order chi connectivity index (χ1) is 8.37. The van der Waals surface area contributed by atoms with Crippen LogP contribution in [0.2, 0.25) is 0 Å². The molecule has 1 aromatic heterocycles. The summed E-state index contributed by atoms with van der Waals surface area (Å²) in [5.41, 5.74) is 1.57. The number of hydrogen-bond acceptors (Lipinski definition) is 4. The third kappa shape index (κ3) is 3.32. The lowest BCUT2D eigenvalue weighted by Gasteiger charge is -2.02. The summed E-state index contributed by atoms with van der Waals surface area (Å²) in [5, 5.41) is 12.8. The molecule has 1 aliphatic rings. The molecule has 1 saturated carbocycles. The summed E-state index contributed by atoms with van der Waals surface area (Å²) in [6.07, 6.45) is 1.88. The molecule has 18 heavy (non-hydrogen) atoms. The highest BCUT2D eigenvalue weighted by atomic mass is 32.2. The van der Waals surface area contributed by atoms with Crippen LogP contribution in [0.3, 0.4) is 0 Å². The van der Waals surface area contributed by atoms with E-state index in [1.807, 2.05) is 6.07 Å². The maximum atomic E-state index is 11.7. The Balaban J connectivity index is 2.05. The van der Waals surface area contributed by atoms with E-state index in [9.17, 15) is 13.2 Å². The topological polar surface area (TPSA) is 89.3 Å². The minimum atomic E-state index is -3.39. The molecule has 1 heterocycles. The van der Waals surface area contributed by atoms with E-state index in [4.69, 9.17) is 5.11 Å². The zero-order valence-corrected chi connectivity index (χ0v) is 11.0. The van der Waals surface area contributed by atoms with Gasteiger partial charge in [0, 0.05) is 13.0 Å². The van der Waals surface area contributed by atoms with Crippen LogP contribution in [0.5, 0.6) is 0 Å². The van der Waals surface area contributed by atoms with E-state index in [-0.39, 0.29) is 17.9 Å². The van der Waals surface area contributed by atoms with Crippen molar-refractivity contribution in [2.75, 3.05) is 5.75 Å². The fourth-order valence-corrected chi connectivity index (χ4v) is 3.14. The predicted molar refractivity (Wildman–Crippen MR) is 64.9 cm³/mol. The molecule has 1 fully saturated rings. The van der Waals surface area contributed by atoms with Crippen LogP contribution >= 0.6 is 0 Å². The summed E-state index contributed by atoms with van der Waals surface area (Å²) in [6, 6.07) is 1.82. The highest BCUT2D eigenvalue weighted by molar-refractivity contribution is 7.90. The first kappa shape index (κ1) is 13.1. The van der Waals surface area contributed by atoms with Crippen molar-refractivity contribution in [3.8, 4) is 0 Å². The van der Waals surface area contributed by atoms with Gasteiger partial charge in [-0.2, -0.15) is 5.10 Å². The van der Waals surface area contributed by atoms with Gasteiger partial charge in [0.25, 0.3) is 0 Å². The molecule has 0 bridgehead atoms. The monoisotopic (exact) mass is 272 g/mol. The fourth-order valence-electron chi connectivity index (χ4n) is 1.78. The van der Waals surface area contributed by atoms with Crippen molar-refractivity contribution >= 4 is 15.8 Å². The average Bonchev–Trinajstić information content (AvgIpc) is 3.03. The Hall–Kier alpha value is -1.37. The molecule has 1 aliphatic carbocycles. The smallest absolute Gasteiger partial charge is 0.304 e. The Labute approximate surface area is 106 Å². The number of carboxylic acid groups (broad SMARTS) is 1. The first-order valence-corrected chi connectivity index (χ1v) is 7.64. The normalized spacial score (nSPS) is 15.8. The number of carboxylic acids is 1. The SMILES string of the molecule is Cn1nc(C2CC2)cc1CS(=O)(=O)CCC(=O)O. The van der Waals surface area contributed by atoms with E-state index in [1.54, 1.807) is 11.7 Å². The van der Waals surface area contributed by atoms with Gasteiger partial charge in [-0.3, -0.25) is 9.48 Å². The van der Waals surface area contributed by atoms with Crippen LogP contribution in [-0.4, -0.2) is 35.0 Å². The summed E-state index contributed by atoms with van der Waals surface area (Å²) < 4.78 is 25.1. The van der Waals surface area contributed by atoms with Gasteiger partial charge in [-0.25, -0.2) is 8.42 Å². The van der Waals surface area contributed by atoms with Gasteiger partial charge >= 0.3 is 5.97 Å². The summed E-state index contributed by atoms with van der Waals surface area (Å²) >= 11 is 0. The Morgan fingerprint density at radius 2 is 2.22 bits per heavy atom. The molecule has 0 saturated heterocycles. The number of aryl methyl sites for hydroxylation is 1. The van der Waals surface area contributed by atoms with Crippen LogP contribution in [0, 0.1) is 0 Å². The molecule has 0 radical (unpaired) electrons. The third-order valence-corrected chi connectivity index (χ3v) is 4.55. The molecule has 1 N–H and O–H groups in total. The van der Waals surface area contributed by atoms with Crippen LogP contribution in [0.25, 0.3) is 0 Å². The van der Waals surface area contributed by atoms with Crippen LogP contribution in [0.1, 0.15) is 36.6 Å². The molecule has 100 valence electrons. The summed E-state index contributed by atoms with van der Waals surface area (Å²) in [4.78, 5) is 10.4. The lowest BCUT2D eigenvalue weighted by Crippen LogP contribution is -2.14. The van der Waals surface area contributed by atoms with Crippen LogP contribution in [-0.2, 0) is 27.4 Å². The lowest BCUT2D eigenvalue weighted by molar-refractivity contribution is -0.136. The van der Waals surface area contributed by atoms with Crippen LogP contribution in [0.15, 0.2) is 6.07 Å². The van der Waals surface area contributed by atoms with Crippen molar-refractivity contribution in [3.63, 3.8) is 0 Å². The predicted octanol–water partition coefficient (Wildman–Crippen LogP) is 0.687. The number of aliphatic carboxylic acids is 1. The number of aromatic nitrogens is 2. The number of carbonyl (C=O) groups is 1. The third-order valence-electron chi connectivity index (χ3n) is 2.99. The number of nitrogens with zero attached hydrogens (tertiary/aromatic N) is 2. The van der Waals surface area contributed by atoms with Gasteiger partial charge in [0.15, 0.2) is 9.84 Å². The summed E-state index contributed by atoms with van der Waals surface area (Å²) in [6.45, 7) is 0. The molecular formula is C11H16N2O4S. The van der Waals surface area contributed by atoms with E-state index in [0.717, 1.165) is 18.5 Å². The minimum absolute atomic E-state index is 0.142. The van der Waals surface area contributed by atoms with E-state index >= 15 is 0 Å². The standard InChI is InChI=1S/C11H16N2O4S/c1-13-9(6-10(12-13)8-2-3-8)7-18(16,17)5-4-11(14)15/h6,8H,2-5,7H2,1H3,(H,14,15). The second-order valence-corrected chi connectivity index (χ2v) is 6.88. The van der Waals surface area contributed by atoms with E-state index in [1.165, 1.54) is 0 Å². The molecule has 0 unspecified atom stereocenters. The molecule has 1 aromatic rings. The molecule has 0 aromatic carbocycles. The summed E-state index contributed by atoms with van der Waals surface area (Å²) in [7, 11) is -1.67. The molecule has 2 rings (SSSR count). The molecule has 6 nitrogen and oxygen atoms in total. The molecule has 0 aliphatic heterocycles. The van der Waals surface area contributed by atoms with Crippen LogP contribution in [0.4, 0.5) is 0 Å². The largest absolute Gasteiger partial charge is 0.481 e. The minimum Gasteiger partial charge on any atom is -0.481 e. The van der Waals surface area contributed by atoms with Crippen molar-refractivity contribution in [1.82, 2.24) is 9.78 Å². The van der Waals surface area contributed by atoms with Gasteiger partial charge in [-0.1, -0.05) is 0 Å². The van der Waals surface area contributed by atoms with Crippen molar-refractivity contribution in [1.29, 1.82) is 0 Å². The van der Waals surface area contributed by atoms with Gasteiger partial charge < -0.3 is 5.11 Å². The second-order valence-electron chi connectivity index (χ2n) is 4.69. The highest BCUT2D eigenvalue weighted by Gasteiger charge is 2.27. The Morgan fingerprint density at radius 1 is 1.56 bits per heavy atom. The quantitative estimate of drug-likeness (QED) is 0.822. The van der Waals surface area contributed by atoms with Crippen molar-refractivity contribution in [2.45, 2.75) is 30.9 Å². The Bertz CT molecular complexity index is 558. The van der Waals surface area contributed by atoms with E-state index < -0.39 is 15.8 Å². The second kappa shape index (κ2) is 4.72. The molecule has 0 spiro atoms. The number of rotatable bonds is 6. The van der Waals surface area contributed by atoms with Gasteiger partial charge in [-0.05, 0) is 18.9 Å². The maximum absolute atomic E-state index is 11.7. The van der Waals surface area contributed by atoms with Gasteiger partial charge in [-0.15, -0.1) is 0 Å². The Kier molecular flexibility index (Phi) is 3.43. The van der Waals surface area contributed by atoms with Gasteiger partial charge in [0.2, 0.25) is 0 Å². The van der Waals surface area contributed by atoms with E-state index in [2.05, 4.69) is 5.10 Å². The van der Waals surface area contributed by atoms with Crippen molar-refractivity contribution in [3.05, 3.63) is 17.5 Å². The molecular weight excluding hydrogens is 256 g/mol. The molecule has 0 amide bonds. The zero-order chi connectivity index (χ0) is 13.3. The van der Waals surface area contributed by atoms with Gasteiger partial charge in [0.1, 0.15) is 0 Å². The average molecular weight is 272 g/mol. The van der Waals surface area contributed by atoms with Crippen molar-refractivity contribution in [2.24, 2.45) is 7.05 Å². The fraction of sp³-hybridized carbons (Fsp3) is 0.636. The van der Waals surface area contributed by atoms with E-state index in [0.29, 0.717) is 11.6 Å². The number of sulfone groups is 1. The highest BCUT2D eigenvalue weighted by Crippen LogP contribution is 2.39. The Morgan fingerprint density at radius 3 is 2.78 bits per heavy atom. The van der Waals surface area contributed by atoms with Gasteiger partial charge in [0.05, 0.1) is 29.3 Å². The van der Waals surface area contributed by atoms with Crippen molar-refractivity contribution < 1.29 is 18.3 Å².